The molecule has 5 rings (SSSR count). The molecule has 0 radical (unpaired) electrons. The average Bonchev–Trinajstić information content (AvgIpc) is 3.28. The molecule has 3 heterocycles. The minimum Gasteiger partial charge on any atom is -0.499 e. The number of nitroso groups, excluding NO2 is 1. The molecule has 1 aromatic carbocycles. The van der Waals surface area contributed by atoms with Gasteiger partial charge >= 0.3 is 0 Å². The molecule has 6 heteroatoms. The first-order valence-electron chi connectivity index (χ1n) is 8.53. The minimum atomic E-state index is -0.479. The van der Waals surface area contributed by atoms with E-state index in [1.807, 2.05) is 0 Å². The summed E-state index contributed by atoms with van der Waals surface area (Å²) in [6.07, 6.45) is 5.28. The zero-order valence-corrected chi connectivity index (χ0v) is 13.7. The predicted octanol–water partition coefficient (Wildman–Crippen LogP) is 2.57. The highest BCUT2D eigenvalue weighted by Gasteiger charge is 2.57. The molecule has 126 valence electrons. The van der Waals surface area contributed by atoms with Gasteiger partial charge in [0.1, 0.15) is 5.76 Å². The Kier molecular flexibility index (Phi) is 2.95. The Balaban J connectivity index is 1.72. The van der Waals surface area contributed by atoms with Crippen LogP contribution >= 0.6 is 0 Å². The van der Waals surface area contributed by atoms with Gasteiger partial charge in [0.25, 0.3) is 0 Å². The third-order valence-corrected chi connectivity index (χ3v) is 6.10. The molecule has 3 atom stereocenters. The second-order valence-corrected chi connectivity index (χ2v) is 7.01. The average molecular weight is 328 g/mol. The lowest BCUT2D eigenvalue weighted by Crippen LogP contribution is -2.46. The summed E-state index contributed by atoms with van der Waals surface area (Å²) < 4.78 is 16.7. The number of nitrogens with zero attached hydrogens (tertiary/aromatic N) is 2. The summed E-state index contributed by atoms with van der Waals surface area (Å²) >= 11 is 0. The third kappa shape index (κ3) is 1.69. The van der Waals surface area contributed by atoms with Crippen molar-refractivity contribution in [2.75, 3.05) is 27.0 Å². The van der Waals surface area contributed by atoms with Gasteiger partial charge < -0.3 is 14.2 Å². The molecule has 4 aliphatic rings. The Morgan fingerprint density at radius 3 is 2.92 bits per heavy atom. The normalized spacial score (nSPS) is 33.3. The van der Waals surface area contributed by atoms with E-state index in [2.05, 4.69) is 28.3 Å². The molecule has 1 spiro atoms. The SMILES string of the molecule is COC1=CC23CCCN2CCc2cc4c(cc2C3C1N=O)OCO4. The summed E-state index contributed by atoms with van der Waals surface area (Å²) in [5, 5.41) is 3.47. The van der Waals surface area contributed by atoms with Gasteiger partial charge in [-0.05, 0) is 55.1 Å². The van der Waals surface area contributed by atoms with Crippen LogP contribution in [0.1, 0.15) is 29.9 Å². The van der Waals surface area contributed by atoms with Crippen LogP contribution in [0, 0.1) is 4.91 Å². The molecule has 1 aliphatic carbocycles. The van der Waals surface area contributed by atoms with Crippen molar-refractivity contribution in [3.63, 3.8) is 0 Å². The molecule has 1 saturated heterocycles. The van der Waals surface area contributed by atoms with Crippen LogP contribution in [0.15, 0.2) is 29.1 Å². The standard InChI is InChI=1S/C18H20N2O4/c1-22-15-9-18-4-2-5-20(18)6-3-11-7-13-14(24-10-23-13)8-12(11)16(18)17(15)19-21/h7-9,16-17H,2-6,10H2,1H3. The van der Waals surface area contributed by atoms with Gasteiger partial charge in [0, 0.05) is 12.5 Å². The molecule has 3 aliphatic heterocycles. The number of ether oxygens (including phenoxy) is 3. The van der Waals surface area contributed by atoms with Crippen molar-refractivity contribution in [3.05, 3.63) is 40.0 Å². The van der Waals surface area contributed by atoms with Crippen LogP contribution in [0.3, 0.4) is 0 Å². The van der Waals surface area contributed by atoms with E-state index >= 15 is 0 Å². The lowest BCUT2D eigenvalue weighted by Gasteiger charge is -2.38. The molecular formula is C18H20N2O4. The van der Waals surface area contributed by atoms with Gasteiger partial charge in [0.15, 0.2) is 17.5 Å². The van der Waals surface area contributed by atoms with Crippen LogP contribution < -0.4 is 9.47 Å². The summed E-state index contributed by atoms with van der Waals surface area (Å²) in [5.41, 5.74) is 2.23. The fraction of sp³-hybridized carbons (Fsp3) is 0.556. The highest BCUT2D eigenvalue weighted by atomic mass is 16.7. The van der Waals surface area contributed by atoms with Gasteiger partial charge in [-0.25, -0.2) is 0 Å². The van der Waals surface area contributed by atoms with Crippen molar-refractivity contribution in [1.82, 2.24) is 4.90 Å². The Morgan fingerprint density at radius 1 is 1.29 bits per heavy atom. The van der Waals surface area contributed by atoms with Gasteiger partial charge in [-0.15, -0.1) is 0 Å². The Bertz CT molecular complexity index is 747. The quantitative estimate of drug-likeness (QED) is 0.781. The van der Waals surface area contributed by atoms with Crippen molar-refractivity contribution < 1.29 is 14.2 Å². The maximum atomic E-state index is 11.7. The number of hydrogen-bond acceptors (Lipinski definition) is 6. The smallest absolute Gasteiger partial charge is 0.231 e. The largest absolute Gasteiger partial charge is 0.499 e. The molecule has 6 nitrogen and oxygen atoms in total. The molecule has 0 saturated carbocycles. The van der Waals surface area contributed by atoms with Crippen molar-refractivity contribution in [3.8, 4) is 11.5 Å². The molecule has 0 aromatic heterocycles. The van der Waals surface area contributed by atoms with Gasteiger partial charge in [0.05, 0.1) is 12.6 Å². The third-order valence-electron chi connectivity index (χ3n) is 6.10. The first-order valence-corrected chi connectivity index (χ1v) is 8.53. The number of fused-ring (bicyclic) bond motifs is 3. The van der Waals surface area contributed by atoms with Crippen molar-refractivity contribution in [1.29, 1.82) is 0 Å². The van der Waals surface area contributed by atoms with Crippen molar-refractivity contribution in [2.24, 2.45) is 5.18 Å². The van der Waals surface area contributed by atoms with Crippen LogP contribution in [0.25, 0.3) is 0 Å². The maximum Gasteiger partial charge on any atom is 0.231 e. The molecule has 24 heavy (non-hydrogen) atoms. The molecular weight excluding hydrogens is 308 g/mol. The van der Waals surface area contributed by atoms with Crippen molar-refractivity contribution >= 4 is 0 Å². The van der Waals surface area contributed by atoms with Crippen LogP contribution in [-0.2, 0) is 11.2 Å². The molecule has 0 N–H and O–H groups in total. The van der Waals surface area contributed by atoms with Crippen LogP contribution in [0.5, 0.6) is 11.5 Å². The molecule has 1 aromatic rings. The van der Waals surface area contributed by atoms with Crippen LogP contribution in [-0.4, -0.2) is 43.5 Å². The number of methoxy groups -OCH3 is 1. The van der Waals surface area contributed by atoms with Gasteiger partial charge in [-0.2, -0.15) is 4.91 Å². The zero-order valence-electron chi connectivity index (χ0n) is 13.7. The van der Waals surface area contributed by atoms with Gasteiger partial charge in [-0.1, -0.05) is 5.18 Å². The predicted molar refractivity (Wildman–Crippen MR) is 87.2 cm³/mol. The highest BCUT2D eigenvalue weighted by molar-refractivity contribution is 5.54. The summed E-state index contributed by atoms with van der Waals surface area (Å²) in [5.74, 6) is 2.26. The van der Waals surface area contributed by atoms with Crippen molar-refractivity contribution in [2.45, 2.75) is 36.8 Å². The fourth-order valence-electron chi connectivity index (χ4n) is 5.11. The van der Waals surface area contributed by atoms with E-state index in [0.29, 0.717) is 5.76 Å². The number of rotatable bonds is 2. The Hall–Kier alpha value is -2.08. The van der Waals surface area contributed by atoms with E-state index in [-0.39, 0.29) is 18.2 Å². The molecule has 0 amide bonds. The Labute approximate surface area is 140 Å². The summed E-state index contributed by atoms with van der Waals surface area (Å²) in [7, 11) is 1.63. The lowest BCUT2D eigenvalue weighted by molar-refractivity contribution is 0.164. The Morgan fingerprint density at radius 2 is 2.12 bits per heavy atom. The van der Waals surface area contributed by atoms with Gasteiger partial charge in [0.2, 0.25) is 6.79 Å². The van der Waals surface area contributed by atoms with E-state index in [4.69, 9.17) is 14.2 Å². The molecule has 1 fully saturated rings. The van der Waals surface area contributed by atoms with E-state index in [1.165, 1.54) is 5.56 Å². The van der Waals surface area contributed by atoms with E-state index in [1.54, 1.807) is 7.11 Å². The first-order chi connectivity index (χ1) is 11.8. The monoisotopic (exact) mass is 328 g/mol. The minimum absolute atomic E-state index is 0.0144. The second-order valence-electron chi connectivity index (χ2n) is 7.01. The zero-order chi connectivity index (χ0) is 16.3. The lowest BCUT2D eigenvalue weighted by atomic mass is 9.77. The summed E-state index contributed by atoms with van der Waals surface area (Å²) in [6.45, 7) is 2.29. The molecule has 3 unspecified atom stereocenters. The van der Waals surface area contributed by atoms with E-state index in [9.17, 15) is 4.91 Å². The van der Waals surface area contributed by atoms with E-state index < -0.39 is 6.04 Å². The number of benzene rings is 1. The topological polar surface area (TPSA) is 60.4 Å². The fourth-order valence-corrected chi connectivity index (χ4v) is 5.11. The molecule has 0 bridgehead atoms. The van der Waals surface area contributed by atoms with Crippen LogP contribution in [0.2, 0.25) is 0 Å². The summed E-state index contributed by atoms with van der Waals surface area (Å²) in [6, 6.07) is 3.67. The van der Waals surface area contributed by atoms with Crippen LogP contribution in [0.4, 0.5) is 0 Å². The summed E-state index contributed by atoms with van der Waals surface area (Å²) in [4.78, 5) is 14.2. The highest BCUT2D eigenvalue weighted by Crippen LogP contribution is 2.55. The second kappa shape index (κ2) is 4.96. The number of hydrogen-bond donors (Lipinski definition) is 0. The van der Waals surface area contributed by atoms with E-state index in [0.717, 1.165) is 49.4 Å². The first kappa shape index (κ1) is 14.3. The van der Waals surface area contributed by atoms with Gasteiger partial charge in [-0.3, -0.25) is 4.90 Å². The maximum absolute atomic E-state index is 11.7.